The quantitative estimate of drug-likeness (QED) is 0.535. The lowest BCUT2D eigenvalue weighted by molar-refractivity contribution is 0.764. The minimum absolute atomic E-state index is 0.577. The van der Waals surface area contributed by atoms with Crippen LogP contribution in [0.15, 0.2) is 30.3 Å². The predicted octanol–water partition coefficient (Wildman–Crippen LogP) is 3.22. The summed E-state index contributed by atoms with van der Waals surface area (Å²) in [4.78, 5) is 7.84. The zero-order chi connectivity index (χ0) is 13.6. The first kappa shape index (κ1) is 12.3. The third-order valence-electron chi connectivity index (χ3n) is 3.23. The Balaban J connectivity index is 2.33. The molecule has 95 valence electrons. The molecule has 1 aliphatic carbocycles. The smallest absolute Gasteiger partial charge is 0.181 e. The van der Waals surface area contributed by atoms with Crippen molar-refractivity contribution >= 4 is 27.2 Å². The topological polar surface area (TPSA) is 42.6 Å². The highest BCUT2D eigenvalue weighted by molar-refractivity contribution is 7.21. The molecule has 0 amide bonds. The van der Waals surface area contributed by atoms with E-state index in [1.54, 1.807) is 11.3 Å². The van der Waals surface area contributed by atoms with Crippen LogP contribution in [0.3, 0.4) is 0 Å². The fourth-order valence-corrected chi connectivity index (χ4v) is 3.07. The van der Waals surface area contributed by atoms with Crippen molar-refractivity contribution in [3.63, 3.8) is 0 Å². The third-order valence-corrected chi connectivity index (χ3v) is 4.32. The van der Waals surface area contributed by atoms with Crippen LogP contribution < -0.4 is 10.3 Å². The van der Waals surface area contributed by atoms with E-state index in [0.29, 0.717) is 5.36 Å². The largest absolute Gasteiger partial charge is 0.301 e. The van der Waals surface area contributed by atoms with Gasteiger partial charge in [-0.1, -0.05) is 0 Å². The monoisotopic (exact) mass is 269 g/mol. The number of hydrogen-bond donors (Lipinski definition) is 1. The van der Waals surface area contributed by atoms with E-state index in [1.165, 1.54) is 5.69 Å². The summed E-state index contributed by atoms with van der Waals surface area (Å²) in [5, 5.41) is 8.47. The molecule has 1 aromatic rings. The van der Waals surface area contributed by atoms with Gasteiger partial charge < -0.3 is 5.41 Å². The fourth-order valence-electron chi connectivity index (χ4n) is 2.05. The number of anilines is 1. The fraction of sp³-hybridized carbons (Fsp3) is 0.200. The average Bonchev–Trinajstić information content (AvgIpc) is 2.37. The molecule has 0 saturated heterocycles. The normalized spacial score (nSPS) is 11.6. The Labute approximate surface area is 116 Å². The highest BCUT2D eigenvalue weighted by Gasteiger charge is 2.11. The molecule has 0 bridgehead atoms. The lowest BCUT2D eigenvalue weighted by atomic mass is 10.1. The number of rotatable bonds is 1. The number of aromatic nitrogens is 1. The minimum Gasteiger partial charge on any atom is -0.301 e. The van der Waals surface area contributed by atoms with Crippen LogP contribution in [0.25, 0.3) is 20.8 Å². The molecule has 3 rings (SSSR count). The van der Waals surface area contributed by atoms with Crippen LogP contribution in [0.4, 0.5) is 5.69 Å². The van der Waals surface area contributed by atoms with Crippen molar-refractivity contribution in [2.45, 2.75) is 6.92 Å². The Bertz CT molecular complexity index is 789. The number of benzene rings is 2. The Morgan fingerprint density at radius 1 is 1.16 bits per heavy atom. The van der Waals surface area contributed by atoms with Gasteiger partial charge in [-0.05, 0) is 30.7 Å². The van der Waals surface area contributed by atoms with E-state index in [4.69, 9.17) is 5.41 Å². The standard InChI is InChI=1S/C15H15N3S/c1-9-6-13-15(8-11(9)16)19-14-7-10(18(2)3)4-5-12(14)17-13/h4-8,16H,1-3H3/q+1. The molecule has 0 aromatic heterocycles. The lowest BCUT2D eigenvalue weighted by Crippen LogP contribution is -2.09. The predicted molar refractivity (Wildman–Crippen MR) is 80.5 cm³/mol. The molecule has 0 spiro atoms. The Morgan fingerprint density at radius 2 is 1.95 bits per heavy atom. The second-order valence-electron chi connectivity index (χ2n) is 4.90. The maximum atomic E-state index is 7.89. The molecule has 3 nitrogen and oxygen atoms in total. The van der Waals surface area contributed by atoms with Crippen molar-refractivity contribution in [3.05, 3.63) is 41.3 Å². The molecule has 2 aliphatic rings. The second kappa shape index (κ2) is 4.40. The summed E-state index contributed by atoms with van der Waals surface area (Å²) in [6, 6.07) is 10.2. The highest BCUT2D eigenvalue weighted by atomic mass is 32.1. The second-order valence-corrected chi connectivity index (χ2v) is 5.98. The summed E-state index contributed by atoms with van der Waals surface area (Å²) in [7, 11) is 4.07. The Morgan fingerprint density at radius 3 is 2.68 bits per heavy atom. The van der Waals surface area contributed by atoms with Crippen LogP contribution in [0.5, 0.6) is 0 Å². The van der Waals surface area contributed by atoms with E-state index >= 15 is 0 Å². The zero-order valence-electron chi connectivity index (χ0n) is 11.2. The van der Waals surface area contributed by atoms with Gasteiger partial charge in [-0.15, -0.1) is 16.2 Å². The Hall–Kier alpha value is -1.78. The summed E-state index contributed by atoms with van der Waals surface area (Å²) >= 11 is 1.70. The molecule has 0 atom stereocenters. The molecular weight excluding hydrogens is 254 g/mol. The number of nitrogens with one attached hydrogen (secondary N) is 1. The summed E-state index contributed by atoms with van der Waals surface area (Å²) < 4.78 is 1.15. The summed E-state index contributed by atoms with van der Waals surface area (Å²) in [6.07, 6.45) is 0. The number of hydrogen-bond acceptors (Lipinski definition) is 4. The maximum absolute atomic E-state index is 7.89. The number of aryl methyl sites for hydroxylation is 1. The molecule has 0 unspecified atom stereocenters. The van der Waals surface area contributed by atoms with Crippen LogP contribution in [0.2, 0.25) is 0 Å². The van der Waals surface area contributed by atoms with Gasteiger partial charge >= 0.3 is 0 Å². The lowest BCUT2D eigenvalue weighted by Gasteiger charge is -2.08. The number of nitrogens with zero attached hydrogens (tertiary/aromatic N) is 2. The van der Waals surface area contributed by atoms with E-state index in [0.717, 1.165) is 26.4 Å². The van der Waals surface area contributed by atoms with Crippen molar-refractivity contribution in [1.29, 1.82) is 5.41 Å². The van der Waals surface area contributed by atoms with Gasteiger partial charge in [0.25, 0.3) is 0 Å². The zero-order valence-corrected chi connectivity index (χ0v) is 12.0. The molecule has 1 N–H and O–H groups in total. The van der Waals surface area contributed by atoms with E-state index < -0.39 is 0 Å². The van der Waals surface area contributed by atoms with E-state index in [2.05, 4.69) is 28.1 Å². The van der Waals surface area contributed by atoms with Gasteiger partial charge in [-0.3, -0.25) is 0 Å². The molecule has 0 saturated carbocycles. The van der Waals surface area contributed by atoms with Crippen LogP contribution >= 0.6 is 11.3 Å². The SMILES string of the molecule is Cc1cc2nc3ccc([N+](C)C)cc3sc-2cc1=N. The van der Waals surface area contributed by atoms with Gasteiger partial charge in [0.2, 0.25) is 0 Å². The van der Waals surface area contributed by atoms with E-state index in [1.807, 2.05) is 33.2 Å². The van der Waals surface area contributed by atoms with Gasteiger partial charge in [0.05, 0.1) is 26.1 Å². The first-order valence-corrected chi connectivity index (χ1v) is 6.93. The average molecular weight is 269 g/mol. The van der Waals surface area contributed by atoms with Crippen LogP contribution in [0, 0.1) is 12.3 Å². The van der Waals surface area contributed by atoms with Crippen molar-refractivity contribution in [1.82, 2.24) is 9.88 Å². The molecule has 19 heavy (non-hydrogen) atoms. The van der Waals surface area contributed by atoms with Gasteiger partial charge in [0.1, 0.15) is 14.1 Å². The molecule has 1 aromatic carbocycles. The molecule has 1 aliphatic heterocycles. The van der Waals surface area contributed by atoms with Gasteiger partial charge in [0, 0.05) is 12.1 Å². The van der Waals surface area contributed by atoms with Crippen molar-refractivity contribution < 1.29 is 0 Å². The first-order valence-electron chi connectivity index (χ1n) is 6.12. The number of fused-ring (bicyclic) bond motifs is 2. The van der Waals surface area contributed by atoms with Crippen molar-refractivity contribution in [2.24, 2.45) is 0 Å². The first-order chi connectivity index (χ1) is 9.04. The molecule has 1 heterocycles. The third kappa shape index (κ3) is 2.13. The summed E-state index contributed by atoms with van der Waals surface area (Å²) in [5.74, 6) is 0. The van der Waals surface area contributed by atoms with Gasteiger partial charge in [0.15, 0.2) is 5.69 Å². The summed E-state index contributed by atoms with van der Waals surface area (Å²) in [6.45, 7) is 1.95. The van der Waals surface area contributed by atoms with Crippen molar-refractivity contribution in [3.8, 4) is 10.6 Å². The van der Waals surface area contributed by atoms with Crippen molar-refractivity contribution in [2.75, 3.05) is 14.1 Å². The van der Waals surface area contributed by atoms with E-state index in [9.17, 15) is 0 Å². The Kier molecular flexibility index (Phi) is 2.84. The molecular formula is C15H15N3S+. The molecule has 0 fully saturated rings. The minimum atomic E-state index is 0.577. The maximum Gasteiger partial charge on any atom is 0.181 e. The molecule has 1 radical (unpaired) electrons. The van der Waals surface area contributed by atoms with Gasteiger partial charge in [-0.25, -0.2) is 4.98 Å². The molecule has 4 heteroatoms. The van der Waals surface area contributed by atoms with Gasteiger partial charge in [-0.2, -0.15) is 0 Å². The summed E-state index contributed by atoms with van der Waals surface area (Å²) in [5.41, 5.74) is 4.13. The highest BCUT2D eigenvalue weighted by Crippen LogP contribution is 2.31. The van der Waals surface area contributed by atoms with Crippen LogP contribution in [-0.4, -0.2) is 19.1 Å². The van der Waals surface area contributed by atoms with E-state index in [-0.39, 0.29) is 0 Å². The van der Waals surface area contributed by atoms with Crippen LogP contribution in [0.1, 0.15) is 5.56 Å². The van der Waals surface area contributed by atoms with Crippen LogP contribution in [-0.2, 0) is 0 Å².